The van der Waals surface area contributed by atoms with Crippen molar-refractivity contribution in [3.05, 3.63) is 42.5 Å². The number of hydrogen-bond donors (Lipinski definition) is 1. The lowest BCUT2D eigenvalue weighted by atomic mass is 10.3. The molecule has 0 aromatic heterocycles. The molecular weight excluding hydrogens is 196 g/mol. The van der Waals surface area contributed by atoms with Crippen LogP contribution in [0, 0.1) is 0 Å². The third kappa shape index (κ3) is 1.79. The van der Waals surface area contributed by atoms with Crippen molar-refractivity contribution in [3.63, 3.8) is 0 Å². The Labute approximate surface area is 85.7 Å². The molecule has 3 heteroatoms. The molecule has 1 N–H and O–H groups in total. The SMILES string of the molecule is O=S(c1ccccc1)C1C=CC[C@@H]1O. The summed E-state index contributed by atoms with van der Waals surface area (Å²) < 4.78 is 12.0. The second kappa shape index (κ2) is 4.07. The van der Waals surface area contributed by atoms with Gasteiger partial charge in [0, 0.05) is 4.90 Å². The highest BCUT2D eigenvalue weighted by Gasteiger charge is 2.26. The Morgan fingerprint density at radius 1 is 1.29 bits per heavy atom. The Hall–Kier alpha value is -0.930. The third-order valence-corrected chi connectivity index (χ3v) is 4.01. The van der Waals surface area contributed by atoms with Crippen LogP contribution in [-0.2, 0) is 10.8 Å². The number of aliphatic hydroxyl groups excluding tert-OH is 1. The molecule has 0 amide bonds. The van der Waals surface area contributed by atoms with E-state index in [-0.39, 0.29) is 5.25 Å². The maximum Gasteiger partial charge on any atom is 0.0836 e. The molecule has 1 aromatic rings. The first-order valence-corrected chi connectivity index (χ1v) is 5.80. The van der Waals surface area contributed by atoms with Crippen molar-refractivity contribution in [3.8, 4) is 0 Å². The van der Waals surface area contributed by atoms with Crippen LogP contribution in [0.1, 0.15) is 6.42 Å². The Balaban J connectivity index is 2.20. The highest BCUT2D eigenvalue weighted by molar-refractivity contribution is 7.86. The van der Waals surface area contributed by atoms with Crippen LogP contribution in [0.4, 0.5) is 0 Å². The average Bonchev–Trinajstić information content (AvgIpc) is 2.65. The van der Waals surface area contributed by atoms with E-state index < -0.39 is 16.9 Å². The number of rotatable bonds is 2. The molecule has 0 bridgehead atoms. The summed E-state index contributed by atoms with van der Waals surface area (Å²) in [4.78, 5) is 0.781. The first kappa shape index (κ1) is 9.62. The smallest absolute Gasteiger partial charge is 0.0836 e. The van der Waals surface area contributed by atoms with Gasteiger partial charge in [0.1, 0.15) is 0 Å². The van der Waals surface area contributed by atoms with Gasteiger partial charge in [-0.1, -0.05) is 30.4 Å². The van der Waals surface area contributed by atoms with Crippen LogP contribution in [-0.4, -0.2) is 20.7 Å². The van der Waals surface area contributed by atoms with Crippen molar-refractivity contribution < 1.29 is 9.32 Å². The van der Waals surface area contributed by atoms with Gasteiger partial charge in [-0.3, -0.25) is 4.21 Å². The average molecular weight is 208 g/mol. The monoisotopic (exact) mass is 208 g/mol. The van der Waals surface area contributed by atoms with E-state index in [9.17, 15) is 9.32 Å². The number of hydrogen-bond acceptors (Lipinski definition) is 2. The van der Waals surface area contributed by atoms with Gasteiger partial charge in [0.25, 0.3) is 0 Å². The Morgan fingerprint density at radius 2 is 2.00 bits per heavy atom. The Morgan fingerprint density at radius 3 is 2.57 bits per heavy atom. The summed E-state index contributed by atoms with van der Waals surface area (Å²) in [5.41, 5.74) is 0. The quantitative estimate of drug-likeness (QED) is 0.747. The largest absolute Gasteiger partial charge is 0.391 e. The van der Waals surface area contributed by atoms with E-state index >= 15 is 0 Å². The summed E-state index contributed by atoms with van der Waals surface area (Å²) in [6.45, 7) is 0. The molecule has 1 aromatic carbocycles. The minimum atomic E-state index is -1.13. The van der Waals surface area contributed by atoms with E-state index in [2.05, 4.69) is 0 Å². The van der Waals surface area contributed by atoms with E-state index in [0.29, 0.717) is 6.42 Å². The van der Waals surface area contributed by atoms with Crippen molar-refractivity contribution in [2.45, 2.75) is 22.7 Å². The van der Waals surface area contributed by atoms with E-state index in [0.717, 1.165) is 4.90 Å². The van der Waals surface area contributed by atoms with Gasteiger partial charge in [-0.05, 0) is 18.6 Å². The predicted molar refractivity (Wildman–Crippen MR) is 56.4 cm³/mol. The molecule has 0 radical (unpaired) electrons. The van der Waals surface area contributed by atoms with Gasteiger partial charge >= 0.3 is 0 Å². The van der Waals surface area contributed by atoms with Gasteiger partial charge in [-0.25, -0.2) is 0 Å². The standard InChI is InChI=1S/C11H12O2S/c12-10-7-4-8-11(10)14(13)9-5-2-1-3-6-9/h1-6,8,10-12H,7H2/t10-,11?,14?/m0/s1. The lowest BCUT2D eigenvalue weighted by Gasteiger charge is -2.12. The molecule has 1 aliphatic carbocycles. The summed E-state index contributed by atoms with van der Waals surface area (Å²) in [6, 6.07) is 9.27. The molecule has 0 saturated carbocycles. The molecule has 14 heavy (non-hydrogen) atoms. The molecule has 3 atom stereocenters. The molecule has 0 heterocycles. The van der Waals surface area contributed by atoms with E-state index in [1.165, 1.54) is 0 Å². The zero-order valence-electron chi connectivity index (χ0n) is 7.67. The van der Waals surface area contributed by atoms with E-state index in [1.807, 2.05) is 42.5 Å². The summed E-state index contributed by atoms with van der Waals surface area (Å²) in [5.74, 6) is 0. The molecule has 1 aliphatic rings. The van der Waals surface area contributed by atoms with Crippen LogP contribution in [0.5, 0.6) is 0 Å². The fourth-order valence-corrected chi connectivity index (χ4v) is 2.93. The summed E-state index contributed by atoms with van der Waals surface area (Å²) in [7, 11) is -1.13. The minimum absolute atomic E-state index is 0.239. The van der Waals surface area contributed by atoms with Gasteiger partial charge in [0.15, 0.2) is 0 Å². The molecule has 0 spiro atoms. The summed E-state index contributed by atoms with van der Waals surface area (Å²) >= 11 is 0. The maximum atomic E-state index is 12.0. The Kier molecular flexibility index (Phi) is 2.79. The predicted octanol–water partition coefficient (Wildman–Crippen LogP) is 1.48. The van der Waals surface area contributed by atoms with Crippen LogP contribution >= 0.6 is 0 Å². The highest BCUT2D eigenvalue weighted by atomic mass is 32.2. The Bertz CT molecular complexity index is 359. The highest BCUT2D eigenvalue weighted by Crippen LogP contribution is 2.21. The maximum absolute atomic E-state index is 12.0. The topological polar surface area (TPSA) is 37.3 Å². The first-order valence-electron chi connectivity index (χ1n) is 4.59. The van der Waals surface area contributed by atoms with Gasteiger partial charge < -0.3 is 5.11 Å². The van der Waals surface area contributed by atoms with Crippen molar-refractivity contribution in [2.75, 3.05) is 0 Å². The van der Waals surface area contributed by atoms with Gasteiger partial charge in [0.2, 0.25) is 0 Å². The fourth-order valence-electron chi connectivity index (χ4n) is 1.54. The molecule has 2 unspecified atom stereocenters. The first-order chi connectivity index (χ1) is 6.79. The van der Waals surface area contributed by atoms with Crippen LogP contribution in [0.2, 0.25) is 0 Å². The zero-order valence-corrected chi connectivity index (χ0v) is 8.48. The van der Waals surface area contributed by atoms with Crippen LogP contribution in [0.25, 0.3) is 0 Å². The van der Waals surface area contributed by atoms with Crippen LogP contribution in [0.3, 0.4) is 0 Å². The summed E-state index contributed by atoms with van der Waals surface area (Å²) in [6.07, 6.45) is 3.85. The van der Waals surface area contributed by atoms with Crippen LogP contribution in [0.15, 0.2) is 47.4 Å². The molecule has 2 rings (SSSR count). The second-order valence-corrected chi connectivity index (χ2v) is 4.92. The zero-order chi connectivity index (χ0) is 9.97. The molecule has 74 valence electrons. The van der Waals surface area contributed by atoms with Crippen molar-refractivity contribution >= 4 is 10.8 Å². The van der Waals surface area contributed by atoms with Crippen LogP contribution < -0.4 is 0 Å². The van der Waals surface area contributed by atoms with Gasteiger partial charge in [-0.2, -0.15) is 0 Å². The summed E-state index contributed by atoms with van der Waals surface area (Å²) in [5, 5.41) is 9.33. The molecule has 0 aliphatic heterocycles. The fraction of sp³-hybridized carbons (Fsp3) is 0.273. The number of benzene rings is 1. The third-order valence-electron chi connectivity index (χ3n) is 2.31. The van der Waals surface area contributed by atoms with Gasteiger partial charge in [-0.15, -0.1) is 0 Å². The normalized spacial score (nSPS) is 27.8. The molecule has 0 saturated heterocycles. The van der Waals surface area contributed by atoms with Crippen molar-refractivity contribution in [1.29, 1.82) is 0 Å². The van der Waals surface area contributed by atoms with Crippen molar-refractivity contribution in [1.82, 2.24) is 0 Å². The lowest BCUT2D eigenvalue weighted by molar-refractivity contribution is 0.193. The number of aliphatic hydroxyl groups is 1. The molecule has 2 nitrogen and oxygen atoms in total. The second-order valence-electron chi connectivity index (χ2n) is 3.31. The van der Waals surface area contributed by atoms with E-state index in [1.54, 1.807) is 0 Å². The molecular formula is C11H12O2S. The minimum Gasteiger partial charge on any atom is -0.391 e. The van der Waals surface area contributed by atoms with Gasteiger partial charge in [0.05, 0.1) is 22.2 Å². The van der Waals surface area contributed by atoms with E-state index in [4.69, 9.17) is 0 Å². The van der Waals surface area contributed by atoms with Crippen molar-refractivity contribution in [2.24, 2.45) is 0 Å². The molecule has 0 fully saturated rings. The lowest BCUT2D eigenvalue weighted by Crippen LogP contribution is -2.24.